The molecule has 0 bridgehead atoms. The van der Waals surface area contributed by atoms with Crippen molar-refractivity contribution in [1.29, 1.82) is 0 Å². The second-order valence-electron chi connectivity index (χ2n) is 5.03. The van der Waals surface area contributed by atoms with Gasteiger partial charge in [-0.2, -0.15) is 8.78 Å². The number of hydrogen-bond acceptors (Lipinski definition) is 2. The molecule has 0 unspecified atom stereocenters. The molecule has 3 N–H and O–H groups in total. The summed E-state index contributed by atoms with van der Waals surface area (Å²) in [4.78, 5) is 22.6. The molecule has 1 aliphatic rings. The van der Waals surface area contributed by atoms with E-state index in [0.29, 0.717) is 11.1 Å². The SMILES string of the molecule is NC(=O)CNC(=O)c1ccc2c(c1)-c1ccccc1C2(F)F. The molecule has 6 heteroatoms. The minimum atomic E-state index is -3.08. The second-order valence-corrected chi connectivity index (χ2v) is 5.03. The maximum atomic E-state index is 14.4. The van der Waals surface area contributed by atoms with Gasteiger partial charge in [0.05, 0.1) is 6.54 Å². The average molecular weight is 302 g/mol. The average Bonchev–Trinajstić information content (AvgIpc) is 2.73. The predicted octanol–water partition coefficient (Wildman–Crippen LogP) is 2.02. The van der Waals surface area contributed by atoms with Gasteiger partial charge in [-0.1, -0.05) is 30.3 Å². The van der Waals surface area contributed by atoms with Crippen LogP contribution >= 0.6 is 0 Å². The van der Waals surface area contributed by atoms with Gasteiger partial charge in [0.25, 0.3) is 11.8 Å². The summed E-state index contributed by atoms with van der Waals surface area (Å²) in [5, 5.41) is 2.33. The summed E-state index contributed by atoms with van der Waals surface area (Å²) in [6.45, 7) is -0.303. The van der Waals surface area contributed by atoms with Gasteiger partial charge in [-0.25, -0.2) is 0 Å². The first-order valence-electron chi connectivity index (χ1n) is 6.60. The van der Waals surface area contributed by atoms with Crippen LogP contribution in [0.1, 0.15) is 21.5 Å². The van der Waals surface area contributed by atoms with E-state index in [9.17, 15) is 18.4 Å². The smallest absolute Gasteiger partial charge is 0.299 e. The molecule has 22 heavy (non-hydrogen) atoms. The summed E-state index contributed by atoms with van der Waals surface area (Å²) in [6.07, 6.45) is 0. The molecule has 3 rings (SSSR count). The maximum absolute atomic E-state index is 14.4. The number of benzene rings is 2. The first-order chi connectivity index (χ1) is 10.4. The summed E-state index contributed by atoms with van der Waals surface area (Å²) >= 11 is 0. The van der Waals surface area contributed by atoms with Crippen LogP contribution in [0.15, 0.2) is 42.5 Å². The summed E-state index contributed by atoms with van der Waals surface area (Å²) in [7, 11) is 0. The number of halogens is 2. The molecule has 0 spiro atoms. The molecule has 0 aliphatic heterocycles. The van der Waals surface area contributed by atoms with E-state index < -0.39 is 17.7 Å². The zero-order valence-corrected chi connectivity index (χ0v) is 11.4. The number of primary amides is 1. The summed E-state index contributed by atoms with van der Waals surface area (Å²) in [6, 6.07) is 10.2. The van der Waals surface area contributed by atoms with Crippen molar-refractivity contribution in [2.45, 2.75) is 5.92 Å². The van der Waals surface area contributed by atoms with E-state index >= 15 is 0 Å². The second kappa shape index (κ2) is 4.91. The highest BCUT2D eigenvalue weighted by Crippen LogP contribution is 2.50. The van der Waals surface area contributed by atoms with Gasteiger partial charge >= 0.3 is 0 Å². The van der Waals surface area contributed by atoms with Crippen molar-refractivity contribution in [3.05, 3.63) is 59.2 Å². The van der Waals surface area contributed by atoms with Crippen LogP contribution in [0, 0.1) is 0 Å². The molecule has 0 saturated carbocycles. The number of hydrogen-bond donors (Lipinski definition) is 2. The molecule has 0 heterocycles. The monoisotopic (exact) mass is 302 g/mol. The van der Waals surface area contributed by atoms with Gasteiger partial charge in [-0.3, -0.25) is 9.59 Å². The Morgan fingerprint density at radius 3 is 2.45 bits per heavy atom. The van der Waals surface area contributed by atoms with Crippen molar-refractivity contribution >= 4 is 11.8 Å². The van der Waals surface area contributed by atoms with Gasteiger partial charge in [0, 0.05) is 16.7 Å². The lowest BCUT2D eigenvalue weighted by molar-refractivity contribution is -0.117. The fourth-order valence-electron chi connectivity index (χ4n) is 2.59. The van der Waals surface area contributed by atoms with Gasteiger partial charge in [0.2, 0.25) is 5.91 Å². The van der Waals surface area contributed by atoms with Crippen LogP contribution in [-0.2, 0) is 10.7 Å². The molecule has 0 aromatic heterocycles. The normalized spacial score (nSPS) is 14.1. The van der Waals surface area contributed by atoms with Crippen LogP contribution < -0.4 is 11.1 Å². The van der Waals surface area contributed by atoms with Gasteiger partial charge in [0.15, 0.2) is 0 Å². The zero-order chi connectivity index (χ0) is 15.9. The van der Waals surface area contributed by atoms with Gasteiger partial charge in [-0.15, -0.1) is 0 Å². The number of nitrogens with one attached hydrogen (secondary N) is 1. The van der Waals surface area contributed by atoms with Gasteiger partial charge < -0.3 is 11.1 Å². The van der Waals surface area contributed by atoms with Crippen LogP contribution in [0.4, 0.5) is 8.78 Å². The highest BCUT2D eigenvalue weighted by atomic mass is 19.3. The Bertz CT molecular complexity index is 787. The molecule has 1 aliphatic carbocycles. The number of carbonyl (C=O) groups excluding carboxylic acids is 2. The van der Waals surface area contributed by atoms with Gasteiger partial charge in [0.1, 0.15) is 0 Å². The Balaban J connectivity index is 2.03. The van der Waals surface area contributed by atoms with Crippen LogP contribution in [0.25, 0.3) is 11.1 Å². The lowest BCUT2D eigenvalue weighted by Crippen LogP contribution is -2.33. The lowest BCUT2D eigenvalue weighted by atomic mass is 10.0. The molecule has 4 nitrogen and oxygen atoms in total. The minimum absolute atomic E-state index is 0.0697. The fourth-order valence-corrected chi connectivity index (χ4v) is 2.59. The number of carbonyl (C=O) groups is 2. The van der Waals surface area contributed by atoms with Crippen molar-refractivity contribution in [2.75, 3.05) is 6.54 Å². The molecule has 0 saturated heterocycles. The molecule has 112 valence electrons. The van der Waals surface area contributed by atoms with Crippen LogP contribution in [0.5, 0.6) is 0 Å². The zero-order valence-electron chi connectivity index (χ0n) is 11.4. The summed E-state index contributed by atoms with van der Waals surface area (Å²) in [5.41, 5.74) is 5.70. The molecular formula is C16H12F2N2O2. The summed E-state index contributed by atoms with van der Waals surface area (Å²) in [5.74, 6) is -4.28. The standard InChI is InChI=1S/C16H12F2N2O2/c17-16(18)12-4-2-1-3-10(12)11-7-9(5-6-13(11)16)15(22)20-8-14(19)21/h1-7H,8H2,(H2,19,21)(H,20,22). The Morgan fingerprint density at radius 1 is 1.05 bits per heavy atom. The van der Waals surface area contributed by atoms with Crippen molar-refractivity contribution < 1.29 is 18.4 Å². The van der Waals surface area contributed by atoms with Crippen LogP contribution in [-0.4, -0.2) is 18.4 Å². The van der Waals surface area contributed by atoms with Crippen molar-refractivity contribution in [3.8, 4) is 11.1 Å². The highest BCUT2D eigenvalue weighted by molar-refractivity contribution is 5.98. The van der Waals surface area contributed by atoms with E-state index in [1.165, 1.54) is 24.3 Å². The first-order valence-corrected chi connectivity index (χ1v) is 6.60. The first kappa shape index (κ1) is 14.2. The number of amides is 2. The van der Waals surface area contributed by atoms with Crippen molar-refractivity contribution in [2.24, 2.45) is 5.73 Å². The third-order valence-corrected chi connectivity index (χ3v) is 3.60. The van der Waals surface area contributed by atoms with Crippen LogP contribution in [0.3, 0.4) is 0 Å². The van der Waals surface area contributed by atoms with Crippen molar-refractivity contribution in [3.63, 3.8) is 0 Å². The molecule has 2 aromatic carbocycles. The Labute approximate surface area is 124 Å². The number of fused-ring (bicyclic) bond motifs is 3. The highest BCUT2D eigenvalue weighted by Gasteiger charge is 2.44. The number of rotatable bonds is 3. The maximum Gasteiger partial charge on any atom is 0.299 e. The van der Waals surface area contributed by atoms with E-state index in [1.54, 1.807) is 18.2 Å². The number of nitrogens with two attached hydrogens (primary N) is 1. The largest absolute Gasteiger partial charge is 0.368 e. The minimum Gasteiger partial charge on any atom is -0.368 e. The topological polar surface area (TPSA) is 72.2 Å². The third kappa shape index (κ3) is 2.13. The van der Waals surface area contributed by atoms with E-state index in [-0.39, 0.29) is 23.2 Å². The van der Waals surface area contributed by atoms with Crippen LogP contribution in [0.2, 0.25) is 0 Å². The molecule has 2 aromatic rings. The van der Waals surface area contributed by atoms with E-state index in [1.807, 2.05) is 0 Å². The molecule has 2 amide bonds. The molecule has 0 radical (unpaired) electrons. The van der Waals surface area contributed by atoms with E-state index in [0.717, 1.165) is 0 Å². The fraction of sp³-hybridized carbons (Fsp3) is 0.125. The van der Waals surface area contributed by atoms with Crippen molar-refractivity contribution in [1.82, 2.24) is 5.32 Å². The predicted molar refractivity (Wildman–Crippen MR) is 76.4 cm³/mol. The van der Waals surface area contributed by atoms with E-state index in [4.69, 9.17) is 5.73 Å². The Hall–Kier alpha value is -2.76. The lowest BCUT2D eigenvalue weighted by Gasteiger charge is -2.12. The van der Waals surface area contributed by atoms with E-state index in [2.05, 4.69) is 5.32 Å². The van der Waals surface area contributed by atoms with Gasteiger partial charge in [-0.05, 0) is 23.3 Å². The molecule has 0 fully saturated rings. The Kier molecular flexibility index (Phi) is 3.16. The number of alkyl halides is 2. The molecule has 0 atom stereocenters. The Morgan fingerprint density at radius 2 is 1.73 bits per heavy atom. The molecular weight excluding hydrogens is 290 g/mol. The third-order valence-electron chi connectivity index (χ3n) is 3.60. The quantitative estimate of drug-likeness (QED) is 0.910. The summed E-state index contributed by atoms with van der Waals surface area (Å²) < 4.78 is 28.7.